The Kier molecular flexibility index (Phi) is 6.67. The minimum Gasteiger partial charge on any atom is -0.489 e. The van der Waals surface area contributed by atoms with Crippen LogP contribution in [0.2, 0.25) is 0 Å². The number of carbonyl (C=O) groups excluding carboxylic acids is 1. The fourth-order valence-corrected chi connectivity index (χ4v) is 3.08. The van der Waals surface area contributed by atoms with Crippen LogP contribution in [-0.2, 0) is 24.5 Å². The SMILES string of the molecule is O=C(Cn1nc(-c2ccncc2)ccc1=O)NCc1ccc(OCc2ccccc2)cc1. The number of ether oxygens (including phenoxy) is 1. The van der Waals surface area contributed by atoms with E-state index in [9.17, 15) is 9.59 Å². The molecule has 0 radical (unpaired) electrons. The quantitative estimate of drug-likeness (QED) is 0.468. The molecule has 0 unspecified atom stereocenters. The molecule has 0 aliphatic rings. The summed E-state index contributed by atoms with van der Waals surface area (Å²) < 4.78 is 6.93. The first-order valence-electron chi connectivity index (χ1n) is 10.2. The fourth-order valence-electron chi connectivity index (χ4n) is 3.08. The van der Waals surface area contributed by atoms with E-state index in [0.717, 1.165) is 27.1 Å². The van der Waals surface area contributed by atoms with E-state index in [1.807, 2.05) is 54.6 Å². The third-order valence-electron chi connectivity index (χ3n) is 4.80. The molecule has 0 atom stereocenters. The van der Waals surface area contributed by atoms with Crippen LogP contribution in [0.3, 0.4) is 0 Å². The number of carbonyl (C=O) groups is 1. The minimum atomic E-state index is -0.335. The molecule has 4 rings (SSSR count). The van der Waals surface area contributed by atoms with Crippen LogP contribution in [0.15, 0.2) is 96.1 Å². The highest BCUT2D eigenvalue weighted by atomic mass is 16.5. The first-order valence-corrected chi connectivity index (χ1v) is 10.2. The number of benzene rings is 2. The summed E-state index contributed by atoms with van der Waals surface area (Å²) in [6.07, 6.45) is 3.30. The van der Waals surface area contributed by atoms with Gasteiger partial charge in [-0.3, -0.25) is 14.6 Å². The van der Waals surface area contributed by atoms with Gasteiger partial charge in [-0.2, -0.15) is 5.10 Å². The van der Waals surface area contributed by atoms with E-state index < -0.39 is 0 Å². The molecule has 1 amide bonds. The van der Waals surface area contributed by atoms with Gasteiger partial charge in [0, 0.05) is 30.6 Å². The summed E-state index contributed by atoms with van der Waals surface area (Å²) in [7, 11) is 0. The maximum Gasteiger partial charge on any atom is 0.267 e. The number of nitrogens with one attached hydrogen (secondary N) is 1. The molecule has 4 aromatic rings. The first kappa shape index (κ1) is 21.0. The van der Waals surface area contributed by atoms with Gasteiger partial charge in [0.15, 0.2) is 0 Å². The molecule has 0 aliphatic heterocycles. The Labute approximate surface area is 185 Å². The van der Waals surface area contributed by atoms with Crippen molar-refractivity contribution in [2.75, 3.05) is 0 Å². The topological polar surface area (TPSA) is 86.1 Å². The van der Waals surface area contributed by atoms with Crippen molar-refractivity contribution < 1.29 is 9.53 Å². The number of nitrogens with zero attached hydrogens (tertiary/aromatic N) is 3. The average Bonchev–Trinajstić information content (AvgIpc) is 2.85. The normalized spacial score (nSPS) is 10.5. The average molecular weight is 426 g/mol. The zero-order chi connectivity index (χ0) is 22.2. The van der Waals surface area contributed by atoms with Gasteiger partial charge in [0.05, 0.1) is 5.69 Å². The molecule has 0 saturated carbocycles. The molecule has 0 spiro atoms. The van der Waals surface area contributed by atoms with Crippen LogP contribution in [0.1, 0.15) is 11.1 Å². The van der Waals surface area contributed by atoms with Crippen molar-refractivity contribution in [1.82, 2.24) is 20.1 Å². The Morgan fingerprint density at radius 1 is 0.875 bits per heavy atom. The van der Waals surface area contributed by atoms with Crippen LogP contribution in [0, 0.1) is 0 Å². The van der Waals surface area contributed by atoms with E-state index in [2.05, 4.69) is 15.4 Å². The molecule has 2 heterocycles. The van der Waals surface area contributed by atoms with Crippen molar-refractivity contribution in [2.24, 2.45) is 0 Å². The van der Waals surface area contributed by atoms with E-state index in [4.69, 9.17) is 4.74 Å². The third-order valence-corrected chi connectivity index (χ3v) is 4.80. The molecule has 0 bridgehead atoms. The van der Waals surface area contributed by atoms with Crippen LogP contribution < -0.4 is 15.6 Å². The Balaban J connectivity index is 1.31. The van der Waals surface area contributed by atoms with Gasteiger partial charge in [0.25, 0.3) is 5.56 Å². The van der Waals surface area contributed by atoms with Crippen molar-refractivity contribution in [3.8, 4) is 17.0 Å². The van der Waals surface area contributed by atoms with E-state index in [1.165, 1.54) is 6.07 Å². The second-order valence-electron chi connectivity index (χ2n) is 7.15. The Bertz CT molecular complexity index is 1220. The highest BCUT2D eigenvalue weighted by Crippen LogP contribution is 2.15. The molecule has 0 fully saturated rings. The lowest BCUT2D eigenvalue weighted by Crippen LogP contribution is -2.33. The lowest BCUT2D eigenvalue weighted by atomic mass is 10.2. The van der Waals surface area contributed by atoms with Crippen LogP contribution in [-0.4, -0.2) is 20.7 Å². The van der Waals surface area contributed by atoms with Gasteiger partial charge in [0.1, 0.15) is 18.9 Å². The van der Waals surface area contributed by atoms with Crippen molar-refractivity contribution in [3.63, 3.8) is 0 Å². The molecule has 2 aromatic heterocycles. The van der Waals surface area contributed by atoms with Gasteiger partial charge < -0.3 is 10.1 Å². The highest BCUT2D eigenvalue weighted by Gasteiger charge is 2.08. The second kappa shape index (κ2) is 10.2. The molecule has 7 heteroatoms. The summed E-state index contributed by atoms with van der Waals surface area (Å²) >= 11 is 0. The molecule has 1 N–H and O–H groups in total. The Morgan fingerprint density at radius 3 is 2.38 bits per heavy atom. The van der Waals surface area contributed by atoms with Crippen LogP contribution in [0.4, 0.5) is 0 Å². The molecular weight excluding hydrogens is 404 g/mol. The van der Waals surface area contributed by atoms with Crippen molar-refractivity contribution in [2.45, 2.75) is 19.7 Å². The van der Waals surface area contributed by atoms with Crippen molar-refractivity contribution in [1.29, 1.82) is 0 Å². The fraction of sp³-hybridized carbons (Fsp3) is 0.120. The largest absolute Gasteiger partial charge is 0.489 e. The van der Waals surface area contributed by atoms with E-state index in [-0.39, 0.29) is 18.0 Å². The van der Waals surface area contributed by atoms with Crippen molar-refractivity contribution >= 4 is 5.91 Å². The number of amides is 1. The molecule has 32 heavy (non-hydrogen) atoms. The number of pyridine rings is 1. The van der Waals surface area contributed by atoms with Crippen LogP contribution in [0.5, 0.6) is 5.75 Å². The van der Waals surface area contributed by atoms with Crippen LogP contribution in [0.25, 0.3) is 11.3 Å². The summed E-state index contributed by atoms with van der Waals surface area (Å²) in [5.74, 6) is 0.462. The van der Waals surface area contributed by atoms with Gasteiger partial charge in [0.2, 0.25) is 5.91 Å². The van der Waals surface area contributed by atoms with E-state index in [1.54, 1.807) is 30.6 Å². The van der Waals surface area contributed by atoms with E-state index >= 15 is 0 Å². The Morgan fingerprint density at radius 2 is 1.62 bits per heavy atom. The van der Waals surface area contributed by atoms with Crippen molar-refractivity contribution in [3.05, 3.63) is 113 Å². The molecule has 160 valence electrons. The minimum absolute atomic E-state index is 0.157. The standard InChI is InChI=1S/C25H22N4O3/c30-24(17-29-25(31)11-10-23(28-29)21-12-14-26-15-13-21)27-16-19-6-8-22(9-7-19)32-18-20-4-2-1-3-5-20/h1-15H,16-18H2,(H,27,30). The maximum atomic E-state index is 12.4. The number of rotatable bonds is 8. The van der Waals surface area contributed by atoms with Gasteiger partial charge in [-0.1, -0.05) is 42.5 Å². The van der Waals surface area contributed by atoms with E-state index in [0.29, 0.717) is 18.8 Å². The lowest BCUT2D eigenvalue weighted by molar-refractivity contribution is -0.122. The number of aromatic nitrogens is 3. The molecule has 0 saturated heterocycles. The summed E-state index contributed by atoms with van der Waals surface area (Å²) in [4.78, 5) is 28.4. The monoisotopic (exact) mass is 426 g/mol. The molecular formula is C25H22N4O3. The van der Waals surface area contributed by atoms with Gasteiger partial charge in [-0.15, -0.1) is 0 Å². The summed E-state index contributed by atoms with van der Waals surface area (Å²) in [5.41, 5.74) is 3.12. The highest BCUT2D eigenvalue weighted by molar-refractivity contribution is 5.75. The second-order valence-corrected chi connectivity index (χ2v) is 7.15. The number of hydrogen-bond donors (Lipinski definition) is 1. The molecule has 2 aromatic carbocycles. The van der Waals surface area contributed by atoms with Gasteiger partial charge in [-0.25, -0.2) is 4.68 Å². The maximum absolute atomic E-state index is 12.4. The summed E-state index contributed by atoms with van der Waals surface area (Å²) in [6, 6.07) is 24.1. The summed E-state index contributed by atoms with van der Waals surface area (Å²) in [6.45, 7) is 0.684. The first-order chi connectivity index (χ1) is 15.7. The lowest BCUT2D eigenvalue weighted by Gasteiger charge is -2.10. The Hall–Kier alpha value is -4.26. The smallest absolute Gasteiger partial charge is 0.267 e. The van der Waals surface area contributed by atoms with Gasteiger partial charge in [-0.05, 0) is 41.5 Å². The molecule has 7 nitrogen and oxygen atoms in total. The number of hydrogen-bond acceptors (Lipinski definition) is 5. The third kappa shape index (κ3) is 5.66. The van der Waals surface area contributed by atoms with Gasteiger partial charge >= 0.3 is 0 Å². The molecule has 0 aliphatic carbocycles. The zero-order valence-electron chi connectivity index (χ0n) is 17.3. The predicted molar refractivity (Wildman–Crippen MR) is 121 cm³/mol. The predicted octanol–water partition coefficient (Wildman–Crippen LogP) is 3.20. The summed E-state index contributed by atoms with van der Waals surface area (Å²) in [5, 5.41) is 7.12. The van der Waals surface area contributed by atoms with Crippen LogP contribution >= 0.6 is 0 Å². The zero-order valence-corrected chi connectivity index (χ0v) is 17.3.